The summed E-state index contributed by atoms with van der Waals surface area (Å²) < 4.78 is 36.6. The number of ether oxygens (including phenoxy) is 6. The summed E-state index contributed by atoms with van der Waals surface area (Å²) in [6.07, 6.45) is -6.86. The monoisotopic (exact) mass is 550 g/mol. The van der Waals surface area contributed by atoms with Gasteiger partial charge in [-0.05, 0) is 38.5 Å². The zero-order valence-corrected chi connectivity index (χ0v) is 22.3. The van der Waals surface area contributed by atoms with Crippen molar-refractivity contribution in [1.82, 2.24) is 0 Å². The molecule has 14 atom stereocenters. The smallest absolute Gasteiger partial charge is 0.187 e. The fourth-order valence-corrected chi connectivity index (χ4v) is 5.93. The van der Waals surface area contributed by atoms with E-state index in [1.54, 1.807) is 6.92 Å². The van der Waals surface area contributed by atoms with Gasteiger partial charge in [-0.2, -0.15) is 0 Å². The summed E-state index contributed by atoms with van der Waals surface area (Å²) in [5.41, 5.74) is 0. The van der Waals surface area contributed by atoms with E-state index in [9.17, 15) is 30.6 Å². The van der Waals surface area contributed by atoms with E-state index in [2.05, 4.69) is 0 Å². The highest BCUT2D eigenvalue weighted by Crippen LogP contribution is 2.36. The maximum absolute atomic E-state index is 11.0. The Bertz CT molecular complexity index is 714. The van der Waals surface area contributed by atoms with Gasteiger partial charge in [0.05, 0.1) is 37.6 Å². The third-order valence-corrected chi connectivity index (χ3v) is 8.32. The Hall–Kier alpha value is -0.480. The second-order valence-corrected chi connectivity index (χ2v) is 11.2. The van der Waals surface area contributed by atoms with Crippen molar-refractivity contribution in [1.29, 1.82) is 0 Å². The summed E-state index contributed by atoms with van der Waals surface area (Å²) >= 11 is 0. The molecule has 0 radical (unpaired) electrons. The molecule has 0 aromatic rings. The van der Waals surface area contributed by atoms with Crippen LogP contribution in [0, 0.1) is 5.92 Å². The van der Waals surface area contributed by atoms with E-state index in [0.717, 1.165) is 32.1 Å². The summed E-state index contributed by atoms with van der Waals surface area (Å²) in [4.78, 5) is 0. The Kier molecular flexibility index (Phi) is 11.2. The lowest BCUT2D eigenvalue weighted by Crippen LogP contribution is -2.63. The topological polar surface area (TPSA) is 177 Å². The minimum absolute atomic E-state index is 0.0162. The van der Waals surface area contributed by atoms with Crippen LogP contribution in [0.15, 0.2) is 0 Å². The molecule has 38 heavy (non-hydrogen) atoms. The van der Waals surface area contributed by atoms with E-state index in [1.807, 2.05) is 6.92 Å². The first kappa shape index (κ1) is 30.5. The number of fused-ring (bicyclic) bond motifs is 1. The van der Waals surface area contributed by atoms with Crippen LogP contribution in [0.4, 0.5) is 0 Å². The van der Waals surface area contributed by atoms with E-state index in [0.29, 0.717) is 19.4 Å². The molecule has 1 saturated carbocycles. The lowest BCUT2D eigenvalue weighted by atomic mass is 9.85. The van der Waals surface area contributed by atoms with E-state index in [1.165, 1.54) is 0 Å². The second kappa shape index (κ2) is 13.9. The number of aliphatic hydroxyl groups is 6. The maximum Gasteiger partial charge on any atom is 0.187 e. The van der Waals surface area contributed by atoms with Gasteiger partial charge >= 0.3 is 0 Å². The van der Waals surface area contributed by atoms with Crippen LogP contribution in [0.3, 0.4) is 0 Å². The normalized spacial score (nSPS) is 49.3. The molecule has 0 aromatic heterocycles. The molecule has 0 bridgehead atoms. The second-order valence-electron chi connectivity index (χ2n) is 11.2. The molecule has 6 unspecified atom stereocenters. The van der Waals surface area contributed by atoms with Gasteiger partial charge in [-0.3, -0.25) is 0 Å². The van der Waals surface area contributed by atoms with Gasteiger partial charge in [0.15, 0.2) is 12.6 Å². The number of hydrogen-bond acceptors (Lipinski definition) is 12. The van der Waals surface area contributed by atoms with Crippen LogP contribution in [0.25, 0.3) is 0 Å². The molecule has 222 valence electrons. The Morgan fingerprint density at radius 1 is 0.684 bits per heavy atom. The van der Waals surface area contributed by atoms with Crippen LogP contribution in [0.5, 0.6) is 0 Å². The molecule has 3 saturated heterocycles. The van der Waals surface area contributed by atoms with Gasteiger partial charge < -0.3 is 59.1 Å². The predicted octanol–water partition coefficient (Wildman–Crippen LogP) is -0.812. The number of rotatable bonds is 6. The van der Waals surface area contributed by atoms with Gasteiger partial charge in [-0.15, -0.1) is 0 Å². The van der Waals surface area contributed by atoms with Crippen molar-refractivity contribution in [3.63, 3.8) is 0 Å². The van der Waals surface area contributed by atoms with E-state index in [4.69, 9.17) is 28.4 Å². The molecular weight excluding hydrogens is 504 g/mol. The molecule has 6 N–H and O–H groups in total. The van der Waals surface area contributed by atoms with Crippen molar-refractivity contribution in [2.45, 2.75) is 139 Å². The molecule has 12 nitrogen and oxygen atoms in total. The zero-order valence-electron chi connectivity index (χ0n) is 22.3. The lowest BCUT2D eigenvalue weighted by Gasteiger charge is -2.48. The lowest BCUT2D eigenvalue weighted by molar-refractivity contribution is -0.353. The van der Waals surface area contributed by atoms with Crippen LogP contribution in [-0.2, 0) is 28.4 Å². The van der Waals surface area contributed by atoms with Gasteiger partial charge in [0.1, 0.15) is 42.7 Å². The minimum atomic E-state index is -1.44. The first-order valence-corrected chi connectivity index (χ1v) is 14.1. The average molecular weight is 551 g/mol. The molecule has 0 spiro atoms. The Balaban J connectivity index is 1.53. The molecule has 4 aliphatic rings. The molecule has 4 fully saturated rings. The van der Waals surface area contributed by atoms with E-state index < -0.39 is 86.3 Å². The van der Waals surface area contributed by atoms with Gasteiger partial charge in [-0.25, -0.2) is 0 Å². The van der Waals surface area contributed by atoms with Crippen LogP contribution in [0.1, 0.15) is 58.8 Å². The number of hydrogen-bond donors (Lipinski definition) is 6. The molecule has 3 heterocycles. The Morgan fingerprint density at radius 3 is 2.21 bits per heavy atom. The van der Waals surface area contributed by atoms with Crippen LogP contribution >= 0.6 is 0 Å². The Labute approximate surface area is 223 Å². The van der Waals surface area contributed by atoms with Crippen LogP contribution < -0.4 is 0 Å². The molecule has 4 rings (SSSR count). The van der Waals surface area contributed by atoms with Crippen molar-refractivity contribution >= 4 is 0 Å². The molecule has 12 heteroatoms. The maximum atomic E-state index is 11.0. The Morgan fingerprint density at radius 2 is 1.47 bits per heavy atom. The first-order valence-electron chi connectivity index (χ1n) is 14.1. The molecule has 0 aromatic carbocycles. The highest BCUT2D eigenvalue weighted by atomic mass is 16.7. The minimum Gasteiger partial charge on any atom is -0.394 e. The third kappa shape index (κ3) is 6.87. The van der Waals surface area contributed by atoms with Crippen LogP contribution in [-0.4, -0.2) is 130 Å². The van der Waals surface area contributed by atoms with Gasteiger partial charge in [-0.1, -0.05) is 26.2 Å². The molecule has 1 aliphatic carbocycles. The third-order valence-electron chi connectivity index (χ3n) is 8.32. The summed E-state index contributed by atoms with van der Waals surface area (Å²) in [6, 6.07) is 0. The SMILES string of the molecule is CC1O[C@@H](OC2[C@H](C)CCC[C@H]2O[C@@H]2OC(CO)[C@H](O)C3O[C@@H](CO)CCCCCOC32)[C@@H](O)C(O)[C@@H]1O. The van der Waals surface area contributed by atoms with Gasteiger partial charge in [0, 0.05) is 6.61 Å². The number of aliphatic hydroxyl groups excluding tert-OH is 6. The highest BCUT2D eigenvalue weighted by molar-refractivity contribution is 4.94. The standard InChI is InChI=1S/C26H46O12/c1-13-7-6-9-16(22(13)38-25-21(32)20(31)18(29)14(2)34-25)36-26-24-23(19(30)17(12-28)37-26)35-15(11-27)8-4-3-5-10-33-24/h13-32H,3-12H2,1-2H3/t13-,14?,15-,16-,17?,18-,19+,20?,21+,22?,23?,24?,25+,26-/m1/s1. The first-order chi connectivity index (χ1) is 18.2. The van der Waals surface area contributed by atoms with Crippen LogP contribution in [0.2, 0.25) is 0 Å². The predicted molar refractivity (Wildman–Crippen MR) is 131 cm³/mol. The summed E-state index contributed by atoms with van der Waals surface area (Å²) in [6.45, 7) is 3.35. The summed E-state index contributed by atoms with van der Waals surface area (Å²) in [5.74, 6) is 0.0162. The summed E-state index contributed by atoms with van der Waals surface area (Å²) in [5, 5.41) is 61.5. The quantitative estimate of drug-likeness (QED) is 0.243. The van der Waals surface area contributed by atoms with Gasteiger partial charge in [0.2, 0.25) is 0 Å². The largest absolute Gasteiger partial charge is 0.394 e. The van der Waals surface area contributed by atoms with Crippen molar-refractivity contribution in [2.24, 2.45) is 5.92 Å². The van der Waals surface area contributed by atoms with Gasteiger partial charge in [0.25, 0.3) is 0 Å². The van der Waals surface area contributed by atoms with Crippen molar-refractivity contribution in [2.75, 3.05) is 19.8 Å². The van der Waals surface area contributed by atoms with Crippen molar-refractivity contribution in [3.8, 4) is 0 Å². The molecular formula is C26H46O12. The zero-order chi connectivity index (χ0) is 27.4. The van der Waals surface area contributed by atoms with Crippen molar-refractivity contribution < 1.29 is 59.1 Å². The molecule has 3 aliphatic heterocycles. The fraction of sp³-hybridized carbons (Fsp3) is 1.00. The van der Waals surface area contributed by atoms with Crippen molar-refractivity contribution in [3.05, 3.63) is 0 Å². The average Bonchev–Trinajstić information content (AvgIpc) is 2.91. The molecule has 0 amide bonds. The highest BCUT2D eigenvalue weighted by Gasteiger charge is 2.51. The fourth-order valence-electron chi connectivity index (χ4n) is 5.93. The van der Waals surface area contributed by atoms with E-state index >= 15 is 0 Å². The summed E-state index contributed by atoms with van der Waals surface area (Å²) in [7, 11) is 0. The van der Waals surface area contributed by atoms with E-state index in [-0.39, 0.29) is 12.5 Å².